The zero-order valence-electron chi connectivity index (χ0n) is 36.7. The van der Waals surface area contributed by atoms with Gasteiger partial charge in [-0.1, -0.05) is 109 Å². The van der Waals surface area contributed by atoms with E-state index in [-0.39, 0.29) is 44.6 Å². The molecule has 0 unspecified atom stereocenters. The first-order valence-corrected chi connectivity index (χ1v) is 21.4. The second-order valence-electron chi connectivity index (χ2n) is 15.3. The number of aliphatic hydroxyl groups excluding tert-OH is 1. The molecule has 8 amide bonds. The summed E-state index contributed by atoms with van der Waals surface area (Å²) in [5.74, 6) is -6.37. The third-order valence-electron chi connectivity index (χ3n) is 10.1. The van der Waals surface area contributed by atoms with E-state index in [0.29, 0.717) is 16.7 Å². The molecular formula is C47H57N11O9. The Morgan fingerprint density at radius 3 is 1.37 bits per heavy atom. The van der Waals surface area contributed by atoms with Crippen molar-refractivity contribution in [1.82, 2.24) is 37.2 Å². The van der Waals surface area contributed by atoms with E-state index in [1.165, 1.54) is 0 Å². The van der Waals surface area contributed by atoms with Crippen LogP contribution in [0.15, 0.2) is 126 Å². The van der Waals surface area contributed by atoms with E-state index in [1.54, 1.807) is 121 Å². The van der Waals surface area contributed by atoms with Crippen LogP contribution in [0.3, 0.4) is 0 Å². The molecule has 0 fully saturated rings. The van der Waals surface area contributed by atoms with E-state index in [1.807, 2.05) is 0 Å². The van der Waals surface area contributed by atoms with E-state index in [9.17, 15) is 43.5 Å². The van der Waals surface area contributed by atoms with E-state index >= 15 is 0 Å². The lowest BCUT2D eigenvalue weighted by Crippen LogP contribution is -2.60. The Morgan fingerprint density at radius 2 is 0.881 bits per heavy atom. The van der Waals surface area contributed by atoms with Gasteiger partial charge in [0.1, 0.15) is 30.2 Å². The third-order valence-corrected chi connectivity index (χ3v) is 10.1. The van der Waals surface area contributed by atoms with Crippen LogP contribution >= 0.6 is 0 Å². The molecule has 0 aliphatic carbocycles. The quantitative estimate of drug-likeness (QED) is 0.0190. The average Bonchev–Trinajstić information content (AvgIpc) is 3.32. The Kier molecular flexibility index (Phi) is 21.0. The van der Waals surface area contributed by atoms with Crippen molar-refractivity contribution in [2.24, 2.45) is 22.2 Å². The minimum atomic E-state index is -1.64. The van der Waals surface area contributed by atoms with Gasteiger partial charge in [-0.15, -0.1) is 0 Å². The summed E-state index contributed by atoms with van der Waals surface area (Å²) in [5.41, 5.74) is 18.9. The summed E-state index contributed by atoms with van der Waals surface area (Å²) in [6.07, 6.45) is 0.118. The Balaban J connectivity index is 1.47. The molecule has 354 valence electrons. The molecule has 0 aromatic heterocycles. The summed E-state index contributed by atoms with van der Waals surface area (Å²) >= 11 is 0. The first kappa shape index (κ1) is 51.5. The number of rotatable bonds is 26. The lowest BCUT2D eigenvalue weighted by Gasteiger charge is -2.27. The Morgan fingerprint density at radius 1 is 0.478 bits per heavy atom. The predicted molar refractivity (Wildman–Crippen MR) is 248 cm³/mol. The maximum atomic E-state index is 14.2. The summed E-state index contributed by atoms with van der Waals surface area (Å²) in [4.78, 5) is 110. The van der Waals surface area contributed by atoms with Crippen molar-refractivity contribution in [3.05, 3.63) is 144 Å². The smallest absolute Gasteiger partial charge is 0.251 e. The number of amides is 8. The molecule has 4 rings (SSSR count). The van der Waals surface area contributed by atoms with Crippen LogP contribution in [0.25, 0.3) is 0 Å². The second kappa shape index (κ2) is 27.3. The topological polar surface area (TPSA) is 331 Å². The number of aliphatic imine (C=N–C) groups is 1. The number of primary amides is 1. The Bertz CT molecular complexity index is 2300. The molecule has 67 heavy (non-hydrogen) atoms. The van der Waals surface area contributed by atoms with E-state index in [2.05, 4.69) is 42.2 Å². The molecule has 0 aliphatic rings. The van der Waals surface area contributed by atoms with Gasteiger partial charge >= 0.3 is 0 Å². The normalized spacial score (nSPS) is 12.9. The number of carbonyl (C=O) groups excluding carboxylic acids is 8. The second-order valence-corrected chi connectivity index (χ2v) is 15.3. The van der Waals surface area contributed by atoms with Crippen LogP contribution in [0, 0.1) is 0 Å². The Labute approximate surface area is 387 Å². The number of carbonyl (C=O) groups is 8. The van der Waals surface area contributed by atoms with Crippen LogP contribution in [0.4, 0.5) is 0 Å². The van der Waals surface area contributed by atoms with Crippen molar-refractivity contribution < 1.29 is 43.5 Å². The number of hydrogen-bond acceptors (Lipinski definition) is 10. The molecule has 0 saturated carbocycles. The fourth-order valence-corrected chi connectivity index (χ4v) is 6.59. The SMILES string of the molecule is NC(=O)[C@H](Cc1ccccc1)NC(=O)[C@H](CCCN=C(N)N)NC(=O)[C@H](Cc1ccccc1)NC(=O)[C@H](CO)NC(=O)[C@H](Cc1ccccc1)NC(=O)CNC(=O)CNC(=O)c1ccccc1. The number of hydrogen-bond donors (Lipinski definition) is 11. The van der Waals surface area contributed by atoms with Crippen LogP contribution in [-0.4, -0.2) is 115 Å². The molecule has 0 heterocycles. The highest BCUT2D eigenvalue weighted by Gasteiger charge is 2.32. The average molecular weight is 920 g/mol. The molecule has 0 bridgehead atoms. The van der Waals surface area contributed by atoms with Crippen LogP contribution in [0.2, 0.25) is 0 Å². The first-order valence-electron chi connectivity index (χ1n) is 21.4. The van der Waals surface area contributed by atoms with Crippen molar-refractivity contribution in [2.45, 2.75) is 62.3 Å². The number of nitrogens with one attached hydrogen (secondary N) is 7. The van der Waals surface area contributed by atoms with Gasteiger partial charge in [0.05, 0.1) is 19.7 Å². The predicted octanol–water partition coefficient (Wildman–Crippen LogP) is -1.78. The molecule has 4 aromatic carbocycles. The molecule has 0 aliphatic heterocycles. The first-order chi connectivity index (χ1) is 32.2. The number of aliphatic hydroxyl groups is 1. The largest absolute Gasteiger partial charge is 0.394 e. The van der Waals surface area contributed by atoms with Crippen LogP contribution in [0.5, 0.6) is 0 Å². The van der Waals surface area contributed by atoms with E-state index in [4.69, 9.17) is 17.2 Å². The molecular weight excluding hydrogens is 863 g/mol. The lowest BCUT2D eigenvalue weighted by molar-refractivity contribution is -0.135. The van der Waals surface area contributed by atoms with Gasteiger partial charge in [-0.2, -0.15) is 0 Å². The highest BCUT2D eigenvalue weighted by atomic mass is 16.3. The zero-order chi connectivity index (χ0) is 48.6. The number of nitrogens with zero attached hydrogens (tertiary/aromatic N) is 1. The van der Waals surface area contributed by atoms with Crippen molar-refractivity contribution in [3.8, 4) is 0 Å². The van der Waals surface area contributed by atoms with Gasteiger partial charge < -0.3 is 59.5 Å². The van der Waals surface area contributed by atoms with Crippen LogP contribution in [0.1, 0.15) is 39.9 Å². The summed E-state index contributed by atoms with van der Waals surface area (Å²) < 4.78 is 0. The molecule has 20 heteroatoms. The van der Waals surface area contributed by atoms with Crippen molar-refractivity contribution in [1.29, 1.82) is 0 Å². The maximum absolute atomic E-state index is 14.2. The number of benzene rings is 4. The number of nitrogens with two attached hydrogens (primary N) is 3. The standard InChI is InChI=1S/C47H57N11O9/c48-41(62)35(24-30-14-5-1-6-15-30)56-43(64)34(22-13-23-51-47(49)50)55-45(66)37(26-32-18-9-3-10-19-32)57-46(67)38(29-59)58-44(65)36(25-31-16-7-2-8-17-31)54-40(61)28-52-39(60)27-53-42(63)33-20-11-4-12-21-33/h1-12,14-21,34-38,59H,13,22-29H2,(H2,48,62)(H,52,60)(H,53,63)(H,54,61)(H,55,66)(H,56,64)(H,57,67)(H,58,65)(H4,49,50,51)/t34-,35-,36-,37-,38-/m0/s1. The maximum Gasteiger partial charge on any atom is 0.251 e. The van der Waals surface area contributed by atoms with Gasteiger partial charge in [0, 0.05) is 31.4 Å². The van der Waals surface area contributed by atoms with Gasteiger partial charge in [-0.05, 0) is 41.7 Å². The van der Waals surface area contributed by atoms with E-state index in [0.717, 1.165) is 5.56 Å². The monoisotopic (exact) mass is 919 g/mol. The molecule has 4 aromatic rings. The highest BCUT2D eigenvalue weighted by Crippen LogP contribution is 2.10. The van der Waals surface area contributed by atoms with Crippen LogP contribution in [-0.2, 0) is 52.8 Å². The van der Waals surface area contributed by atoms with Crippen molar-refractivity contribution in [3.63, 3.8) is 0 Å². The molecule has 14 N–H and O–H groups in total. The van der Waals surface area contributed by atoms with Crippen molar-refractivity contribution in [2.75, 3.05) is 26.2 Å². The molecule has 0 saturated heterocycles. The van der Waals surface area contributed by atoms with Crippen LogP contribution < -0.4 is 54.4 Å². The third kappa shape index (κ3) is 18.5. The summed E-state index contributed by atoms with van der Waals surface area (Å²) in [5, 5.41) is 28.1. The lowest BCUT2D eigenvalue weighted by atomic mass is 10.0. The molecule has 0 spiro atoms. The minimum Gasteiger partial charge on any atom is -0.394 e. The zero-order valence-corrected chi connectivity index (χ0v) is 36.7. The van der Waals surface area contributed by atoms with Gasteiger partial charge in [0.25, 0.3) is 5.91 Å². The Hall–Kier alpha value is -8.13. The fourth-order valence-electron chi connectivity index (χ4n) is 6.59. The number of guanidine groups is 1. The summed E-state index contributed by atoms with van der Waals surface area (Å²) in [7, 11) is 0. The van der Waals surface area contributed by atoms with Crippen molar-refractivity contribution >= 4 is 53.2 Å². The minimum absolute atomic E-state index is 0.00444. The van der Waals surface area contributed by atoms with Gasteiger partial charge in [-0.25, -0.2) is 0 Å². The van der Waals surface area contributed by atoms with Gasteiger partial charge in [-0.3, -0.25) is 43.3 Å². The highest BCUT2D eigenvalue weighted by molar-refractivity contribution is 5.98. The molecule has 20 nitrogen and oxygen atoms in total. The molecule has 0 radical (unpaired) electrons. The fraction of sp³-hybridized carbons (Fsp3) is 0.298. The molecule has 5 atom stereocenters. The van der Waals surface area contributed by atoms with E-state index < -0.39 is 97.2 Å². The van der Waals surface area contributed by atoms with Gasteiger partial charge in [0.2, 0.25) is 41.4 Å². The van der Waals surface area contributed by atoms with Gasteiger partial charge in [0.15, 0.2) is 5.96 Å². The summed E-state index contributed by atoms with van der Waals surface area (Å²) in [6, 6.07) is 27.5. The summed E-state index contributed by atoms with van der Waals surface area (Å²) in [6.45, 7) is -1.83.